The highest BCUT2D eigenvalue weighted by Gasteiger charge is 2.13. The van der Waals surface area contributed by atoms with E-state index < -0.39 is 5.97 Å². The van der Waals surface area contributed by atoms with Gasteiger partial charge in [0.1, 0.15) is 0 Å². The molecule has 0 spiro atoms. The molecule has 0 aliphatic carbocycles. The van der Waals surface area contributed by atoms with Crippen LogP contribution in [-0.2, 0) is 4.74 Å². The molecule has 82 valence electrons. The predicted molar refractivity (Wildman–Crippen MR) is 61.4 cm³/mol. The molecule has 5 heteroatoms. The van der Waals surface area contributed by atoms with Crippen LogP contribution in [0.15, 0.2) is 12.1 Å². The third kappa shape index (κ3) is 3.01. The van der Waals surface area contributed by atoms with Crippen molar-refractivity contribution < 1.29 is 9.53 Å². The maximum absolute atomic E-state index is 11.5. The van der Waals surface area contributed by atoms with Crippen molar-refractivity contribution in [3.63, 3.8) is 0 Å². The van der Waals surface area contributed by atoms with Gasteiger partial charge in [-0.1, -0.05) is 23.2 Å². The van der Waals surface area contributed by atoms with E-state index in [1.165, 1.54) is 12.1 Å². The smallest absolute Gasteiger partial charge is 0.338 e. The molecule has 0 aliphatic heterocycles. The Morgan fingerprint density at radius 1 is 1.33 bits per heavy atom. The number of hydrogen-bond donors (Lipinski definition) is 1. The second kappa shape index (κ2) is 4.73. The molecule has 0 saturated heterocycles. The van der Waals surface area contributed by atoms with E-state index in [9.17, 15) is 4.79 Å². The summed E-state index contributed by atoms with van der Waals surface area (Å²) in [5.74, 6) is -0.464. The average Bonchev–Trinajstić information content (AvgIpc) is 2.12. The van der Waals surface area contributed by atoms with Crippen LogP contribution in [0, 0.1) is 0 Å². The summed E-state index contributed by atoms with van der Waals surface area (Å²) >= 11 is 11.6. The van der Waals surface area contributed by atoms with Crippen molar-refractivity contribution in [3.8, 4) is 0 Å². The van der Waals surface area contributed by atoms with Crippen LogP contribution < -0.4 is 5.73 Å². The van der Waals surface area contributed by atoms with Crippen molar-refractivity contribution in [2.24, 2.45) is 0 Å². The highest BCUT2D eigenvalue weighted by molar-refractivity contribution is 6.39. The Labute approximate surface area is 98.1 Å². The average molecular weight is 248 g/mol. The van der Waals surface area contributed by atoms with Gasteiger partial charge < -0.3 is 10.5 Å². The molecule has 1 aromatic carbocycles. The SMILES string of the molecule is CC(C)OC(=O)c1cc(Cl)c(N)c(Cl)c1. The number of benzene rings is 1. The molecule has 0 fully saturated rings. The van der Waals surface area contributed by atoms with Gasteiger partial charge in [-0.15, -0.1) is 0 Å². The number of rotatable bonds is 2. The summed E-state index contributed by atoms with van der Waals surface area (Å²) in [5.41, 5.74) is 6.10. The van der Waals surface area contributed by atoms with Gasteiger partial charge in [0.05, 0.1) is 27.4 Å². The summed E-state index contributed by atoms with van der Waals surface area (Å²) in [6, 6.07) is 2.88. The van der Waals surface area contributed by atoms with Gasteiger partial charge in [0.2, 0.25) is 0 Å². The maximum atomic E-state index is 11.5. The lowest BCUT2D eigenvalue weighted by molar-refractivity contribution is 0.0378. The molecule has 1 rings (SSSR count). The molecule has 0 aliphatic rings. The highest BCUT2D eigenvalue weighted by Crippen LogP contribution is 2.29. The number of hydrogen-bond acceptors (Lipinski definition) is 3. The molecule has 1 aromatic rings. The first-order valence-electron chi connectivity index (χ1n) is 4.37. The summed E-state index contributed by atoms with van der Waals surface area (Å²) in [7, 11) is 0. The van der Waals surface area contributed by atoms with Gasteiger partial charge in [0.15, 0.2) is 0 Å². The van der Waals surface area contributed by atoms with Gasteiger partial charge >= 0.3 is 5.97 Å². The first-order valence-corrected chi connectivity index (χ1v) is 5.13. The molecule has 0 radical (unpaired) electrons. The molecular formula is C10H11Cl2NO2. The normalized spacial score (nSPS) is 10.5. The fourth-order valence-electron chi connectivity index (χ4n) is 0.984. The molecule has 0 aromatic heterocycles. The number of esters is 1. The lowest BCUT2D eigenvalue weighted by Crippen LogP contribution is -2.11. The fourth-order valence-corrected chi connectivity index (χ4v) is 1.47. The van der Waals surface area contributed by atoms with Gasteiger partial charge in [0, 0.05) is 0 Å². The van der Waals surface area contributed by atoms with E-state index in [1.54, 1.807) is 13.8 Å². The zero-order chi connectivity index (χ0) is 11.6. The summed E-state index contributed by atoms with van der Waals surface area (Å²) < 4.78 is 4.99. The van der Waals surface area contributed by atoms with Crippen LogP contribution in [-0.4, -0.2) is 12.1 Å². The van der Waals surface area contributed by atoms with Crippen LogP contribution >= 0.6 is 23.2 Å². The first kappa shape index (κ1) is 12.1. The van der Waals surface area contributed by atoms with Crippen LogP contribution in [0.1, 0.15) is 24.2 Å². The largest absolute Gasteiger partial charge is 0.459 e. The Bertz CT molecular complexity index is 368. The topological polar surface area (TPSA) is 52.3 Å². The van der Waals surface area contributed by atoms with Crippen LogP contribution in [0.4, 0.5) is 5.69 Å². The van der Waals surface area contributed by atoms with Crippen molar-refractivity contribution in [1.29, 1.82) is 0 Å². The Balaban J connectivity index is 3.01. The Kier molecular flexibility index (Phi) is 3.83. The Morgan fingerprint density at radius 2 is 1.80 bits per heavy atom. The minimum Gasteiger partial charge on any atom is -0.459 e. The molecule has 2 N–H and O–H groups in total. The van der Waals surface area contributed by atoms with Crippen molar-refractivity contribution in [2.45, 2.75) is 20.0 Å². The second-order valence-corrected chi connectivity index (χ2v) is 4.12. The standard InChI is InChI=1S/C10H11Cl2NO2/c1-5(2)15-10(14)6-3-7(11)9(13)8(12)4-6/h3-5H,13H2,1-2H3. The quantitative estimate of drug-likeness (QED) is 0.646. The maximum Gasteiger partial charge on any atom is 0.338 e. The zero-order valence-electron chi connectivity index (χ0n) is 8.38. The molecule has 3 nitrogen and oxygen atoms in total. The van der Waals surface area contributed by atoms with Crippen LogP contribution in [0.3, 0.4) is 0 Å². The van der Waals surface area contributed by atoms with Gasteiger partial charge in [-0.25, -0.2) is 4.79 Å². The molecular weight excluding hydrogens is 237 g/mol. The number of carbonyl (C=O) groups excluding carboxylic acids is 1. The Morgan fingerprint density at radius 3 is 2.20 bits per heavy atom. The molecule has 0 amide bonds. The zero-order valence-corrected chi connectivity index (χ0v) is 9.89. The lowest BCUT2D eigenvalue weighted by Gasteiger charge is -2.09. The van der Waals surface area contributed by atoms with Crippen molar-refractivity contribution in [3.05, 3.63) is 27.7 Å². The number of ether oxygens (including phenoxy) is 1. The van der Waals surface area contributed by atoms with E-state index in [-0.39, 0.29) is 21.8 Å². The third-order valence-electron chi connectivity index (χ3n) is 1.66. The summed E-state index contributed by atoms with van der Waals surface area (Å²) in [4.78, 5) is 11.5. The lowest BCUT2D eigenvalue weighted by atomic mass is 10.2. The number of carbonyl (C=O) groups is 1. The van der Waals surface area contributed by atoms with Crippen LogP contribution in [0.2, 0.25) is 10.0 Å². The minimum atomic E-state index is -0.464. The van der Waals surface area contributed by atoms with Crippen LogP contribution in [0.5, 0.6) is 0 Å². The van der Waals surface area contributed by atoms with Crippen LogP contribution in [0.25, 0.3) is 0 Å². The van der Waals surface area contributed by atoms with Gasteiger partial charge in [0.25, 0.3) is 0 Å². The summed E-state index contributed by atoms with van der Waals surface area (Å²) in [6.07, 6.45) is -0.187. The predicted octanol–water partition coefficient (Wildman–Crippen LogP) is 3.14. The Hall–Kier alpha value is -0.930. The highest BCUT2D eigenvalue weighted by atomic mass is 35.5. The summed E-state index contributed by atoms with van der Waals surface area (Å²) in [5, 5.41) is 0.497. The molecule has 15 heavy (non-hydrogen) atoms. The molecule has 0 bridgehead atoms. The molecule has 0 atom stereocenters. The van der Waals surface area contributed by atoms with E-state index >= 15 is 0 Å². The van der Waals surface area contributed by atoms with E-state index in [0.717, 1.165) is 0 Å². The van der Waals surface area contributed by atoms with Gasteiger partial charge in [-0.2, -0.15) is 0 Å². The number of anilines is 1. The molecule has 0 saturated carbocycles. The van der Waals surface area contributed by atoms with E-state index in [0.29, 0.717) is 5.56 Å². The number of nitrogen functional groups attached to an aromatic ring is 1. The van der Waals surface area contributed by atoms with Gasteiger partial charge in [-0.3, -0.25) is 0 Å². The van der Waals surface area contributed by atoms with E-state index in [4.69, 9.17) is 33.7 Å². The van der Waals surface area contributed by atoms with Crippen molar-refractivity contribution in [1.82, 2.24) is 0 Å². The number of halogens is 2. The second-order valence-electron chi connectivity index (χ2n) is 3.31. The number of nitrogens with two attached hydrogens (primary N) is 1. The third-order valence-corrected chi connectivity index (χ3v) is 2.28. The van der Waals surface area contributed by atoms with Gasteiger partial charge in [-0.05, 0) is 26.0 Å². The van der Waals surface area contributed by atoms with Crippen molar-refractivity contribution >= 4 is 34.9 Å². The monoisotopic (exact) mass is 247 g/mol. The van der Waals surface area contributed by atoms with Crippen molar-refractivity contribution in [2.75, 3.05) is 5.73 Å². The minimum absolute atomic E-state index is 0.187. The molecule has 0 unspecified atom stereocenters. The molecule has 0 heterocycles. The van der Waals surface area contributed by atoms with E-state index in [1.807, 2.05) is 0 Å². The summed E-state index contributed by atoms with van der Waals surface area (Å²) in [6.45, 7) is 3.52. The van der Waals surface area contributed by atoms with E-state index in [2.05, 4.69) is 0 Å². The fraction of sp³-hybridized carbons (Fsp3) is 0.300. The first-order chi connectivity index (χ1) is 6.91.